The van der Waals surface area contributed by atoms with Crippen molar-refractivity contribution in [1.82, 2.24) is 10.2 Å². The summed E-state index contributed by atoms with van der Waals surface area (Å²) in [5, 5.41) is 7.21. The lowest BCUT2D eigenvalue weighted by Crippen LogP contribution is -2.44. The van der Waals surface area contributed by atoms with Crippen LogP contribution in [0.15, 0.2) is 48.5 Å². The molecule has 0 saturated carbocycles. The Balaban J connectivity index is 1.61. The van der Waals surface area contributed by atoms with Gasteiger partial charge in [0.05, 0.1) is 33.0 Å². The maximum atomic E-state index is 5.52. The Bertz CT molecular complexity index is 762. The monoisotopic (exact) mass is 415 g/mol. The molecule has 0 spiro atoms. The zero-order valence-electron chi connectivity index (χ0n) is 17.0. The summed E-state index contributed by atoms with van der Waals surface area (Å²) in [6, 6.07) is 16.2. The first-order valence-corrected chi connectivity index (χ1v) is 10.3. The first-order valence-electron chi connectivity index (χ1n) is 9.93. The predicted octanol–water partition coefficient (Wildman–Crippen LogP) is 3.45. The molecule has 1 atom stereocenters. The van der Waals surface area contributed by atoms with E-state index in [4.69, 9.17) is 26.4 Å². The molecule has 0 aliphatic carbocycles. The standard InChI is InChI=1S/C22H29N3O3S/c1-3-28-20-10-6-18(7-11-20)24-22(29)23-16-21(25-12-14-27-15-13-25)17-4-8-19(26-2)9-5-17/h4-11,21H,3,12-16H2,1-2H3,(H2,23,24,29). The minimum absolute atomic E-state index is 0.199. The molecule has 1 aliphatic rings. The summed E-state index contributed by atoms with van der Waals surface area (Å²) in [7, 11) is 1.68. The molecule has 1 heterocycles. The summed E-state index contributed by atoms with van der Waals surface area (Å²) in [6.07, 6.45) is 0. The maximum Gasteiger partial charge on any atom is 0.170 e. The highest BCUT2D eigenvalue weighted by Gasteiger charge is 2.23. The molecule has 1 fully saturated rings. The van der Waals surface area contributed by atoms with E-state index < -0.39 is 0 Å². The van der Waals surface area contributed by atoms with Gasteiger partial charge in [0.2, 0.25) is 0 Å². The molecule has 29 heavy (non-hydrogen) atoms. The SMILES string of the molecule is CCOc1ccc(NC(=S)NCC(c2ccc(OC)cc2)N2CCOCC2)cc1. The van der Waals surface area contributed by atoms with Crippen LogP contribution in [0.4, 0.5) is 5.69 Å². The molecule has 2 aromatic carbocycles. The molecule has 0 bridgehead atoms. The van der Waals surface area contributed by atoms with Crippen LogP contribution in [0.2, 0.25) is 0 Å². The van der Waals surface area contributed by atoms with Crippen LogP contribution < -0.4 is 20.1 Å². The van der Waals surface area contributed by atoms with Crippen LogP contribution in [-0.2, 0) is 4.74 Å². The smallest absolute Gasteiger partial charge is 0.170 e. The topological polar surface area (TPSA) is 55.0 Å². The molecule has 1 saturated heterocycles. The van der Waals surface area contributed by atoms with Gasteiger partial charge in [0.1, 0.15) is 11.5 Å². The molecule has 0 radical (unpaired) electrons. The molecule has 7 heteroatoms. The minimum Gasteiger partial charge on any atom is -0.497 e. The van der Waals surface area contributed by atoms with Gasteiger partial charge < -0.3 is 24.8 Å². The van der Waals surface area contributed by atoms with E-state index in [-0.39, 0.29) is 6.04 Å². The Morgan fingerprint density at radius 3 is 2.34 bits per heavy atom. The van der Waals surface area contributed by atoms with Gasteiger partial charge in [0.15, 0.2) is 5.11 Å². The van der Waals surface area contributed by atoms with E-state index in [1.165, 1.54) is 5.56 Å². The lowest BCUT2D eigenvalue weighted by atomic mass is 10.0. The quantitative estimate of drug-likeness (QED) is 0.641. The first kappa shape index (κ1) is 21.4. The fourth-order valence-electron chi connectivity index (χ4n) is 3.34. The highest BCUT2D eigenvalue weighted by molar-refractivity contribution is 7.80. The maximum absolute atomic E-state index is 5.52. The Kier molecular flexibility index (Phi) is 8.10. The number of nitrogens with one attached hydrogen (secondary N) is 2. The third kappa shape index (κ3) is 6.32. The van der Waals surface area contributed by atoms with Crippen LogP contribution in [0.25, 0.3) is 0 Å². The van der Waals surface area contributed by atoms with Crippen LogP contribution in [0.5, 0.6) is 11.5 Å². The Morgan fingerprint density at radius 2 is 1.72 bits per heavy atom. The molecule has 2 aromatic rings. The van der Waals surface area contributed by atoms with Crippen LogP contribution in [0.3, 0.4) is 0 Å². The van der Waals surface area contributed by atoms with Crippen molar-refractivity contribution in [3.63, 3.8) is 0 Å². The number of ether oxygens (including phenoxy) is 3. The molecular weight excluding hydrogens is 386 g/mol. The lowest BCUT2D eigenvalue weighted by Gasteiger charge is -2.35. The van der Waals surface area contributed by atoms with Crippen LogP contribution in [0.1, 0.15) is 18.5 Å². The van der Waals surface area contributed by atoms with Crippen molar-refractivity contribution in [3.8, 4) is 11.5 Å². The molecule has 156 valence electrons. The lowest BCUT2D eigenvalue weighted by molar-refractivity contribution is 0.0170. The Morgan fingerprint density at radius 1 is 1.07 bits per heavy atom. The fourth-order valence-corrected chi connectivity index (χ4v) is 3.54. The average Bonchev–Trinajstić information content (AvgIpc) is 2.77. The summed E-state index contributed by atoms with van der Waals surface area (Å²) in [5.74, 6) is 1.71. The van der Waals surface area contributed by atoms with E-state index in [9.17, 15) is 0 Å². The number of benzene rings is 2. The number of hydrogen-bond acceptors (Lipinski definition) is 5. The van der Waals surface area contributed by atoms with Crippen molar-refractivity contribution >= 4 is 23.0 Å². The second-order valence-corrected chi connectivity index (χ2v) is 7.14. The summed E-state index contributed by atoms with van der Waals surface area (Å²) in [6.45, 7) is 6.63. The molecule has 3 rings (SSSR count). The first-order chi connectivity index (χ1) is 14.2. The summed E-state index contributed by atoms with van der Waals surface area (Å²) >= 11 is 5.51. The zero-order chi connectivity index (χ0) is 20.5. The van der Waals surface area contributed by atoms with E-state index >= 15 is 0 Å². The van der Waals surface area contributed by atoms with Crippen molar-refractivity contribution in [3.05, 3.63) is 54.1 Å². The molecule has 0 aromatic heterocycles. The number of nitrogens with zero attached hydrogens (tertiary/aromatic N) is 1. The predicted molar refractivity (Wildman–Crippen MR) is 120 cm³/mol. The van der Waals surface area contributed by atoms with Crippen LogP contribution in [0, 0.1) is 0 Å². The summed E-state index contributed by atoms with van der Waals surface area (Å²) < 4.78 is 16.3. The number of rotatable bonds is 8. The second kappa shape index (κ2) is 11.0. The van der Waals surface area contributed by atoms with E-state index in [1.807, 2.05) is 43.3 Å². The number of morpholine rings is 1. The minimum atomic E-state index is 0.199. The third-order valence-corrected chi connectivity index (χ3v) is 5.11. The third-order valence-electron chi connectivity index (χ3n) is 4.87. The van der Waals surface area contributed by atoms with Gasteiger partial charge in [-0.1, -0.05) is 12.1 Å². The Labute approximate surface area is 178 Å². The average molecular weight is 416 g/mol. The van der Waals surface area contributed by atoms with Crippen molar-refractivity contribution in [1.29, 1.82) is 0 Å². The number of anilines is 1. The van der Waals surface area contributed by atoms with Gasteiger partial charge in [-0.2, -0.15) is 0 Å². The van der Waals surface area contributed by atoms with Crippen LogP contribution >= 0.6 is 12.2 Å². The van der Waals surface area contributed by atoms with E-state index in [0.717, 1.165) is 43.5 Å². The molecule has 2 N–H and O–H groups in total. The van der Waals surface area contributed by atoms with Gasteiger partial charge in [0.25, 0.3) is 0 Å². The van der Waals surface area contributed by atoms with Gasteiger partial charge in [-0.25, -0.2) is 0 Å². The van der Waals surface area contributed by atoms with E-state index in [0.29, 0.717) is 18.3 Å². The fraction of sp³-hybridized carbons (Fsp3) is 0.409. The number of hydrogen-bond donors (Lipinski definition) is 2. The Hall–Kier alpha value is -2.35. The van der Waals surface area contributed by atoms with Crippen molar-refractivity contribution in [2.24, 2.45) is 0 Å². The second-order valence-electron chi connectivity index (χ2n) is 6.73. The van der Waals surface area contributed by atoms with Gasteiger partial charge in [0, 0.05) is 25.3 Å². The highest BCUT2D eigenvalue weighted by atomic mass is 32.1. The number of methoxy groups -OCH3 is 1. The molecule has 1 unspecified atom stereocenters. The normalized spacial score (nSPS) is 15.4. The highest BCUT2D eigenvalue weighted by Crippen LogP contribution is 2.24. The summed E-state index contributed by atoms with van der Waals surface area (Å²) in [4.78, 5) is 2.43. The van der Waals surface area contributed by atoms with Gasteiger partial charge in [-0.15, -0.1) is 0 Å². The van der Waals surface area contributed by atoms with Crippen LogP contribution in [-0.4, -0.2) is 56.6 Å². The molecule has 1 aliphatic heterocycles. The number of thiocarbonyl (C=S) groups is 1. The van der Waals surface area contributed by atoms with E-state index in [2.05, 4.69) is 27.7 Å². The molecule has 0 amide bonds. The summed E-state index contributed by atoms with van der Waals surface area (Å²) in [5.41, 5.74) is 2.15. The van der Waals surface area contributed by atoms with Gasteiger partial charge in [-0.3, -0.25) is 4.90 Å². The zero-order valence-corrected chi connectivity index (χ0v) is 17.8. The van der Waals surface area contributed by atoms with Crippen molar-refractivity contribution < 1.29 is 14.2 Å². The molecule has 6 nitrogen and oxygen atoms in total. The van der Waals surface area contributed by atoms with Gasteiger partial charge >= 0.3 is 0 Å². The largest absolute Gasteiger partial charge is 0.497 e. The molecular formula is C22H29N3O3S. The van der Waals surface area contributed by atoms with Crippen molar-refractivity contribution in [2.45, 2.75) is 13.0 Å². The van der Waals surface area contributed by atoms with Gasteiger partial charge in [-0.05, 0) is 61.1 Å². The van der Waals surface area contributed by atoms with E-state index in [1.54, 1.807) is 7.11 Å². The van der Waals surface area contributed by atoms with Crippen molar-refractivity contribution in [2.75, 3.05) is 51.9 Å².